The maximum Gasteiger partial charge on any atom is 0.327 e. The fraction of sp³-hybridized carbons (Fsp3) is 0.457. The maximum absolute atomic E-state index is 14.1. The van der Waals surface area contributed by atoms with E-state index in [9.17, 15) is 23.9 Å². The predicted molar refractivity (Wildman–Crippen MR) is 167 cm³/mol. The number of aromatic nitrogens is 1. The Bertz CT molecular complexity index is 1670. The molecule has 3 aromatic rings. The minimum atomic E-state index is -1.16. The zero-order chi connectivity index (χ0) is 32.2. The van der Waals surface area contributed by atoms with Crippen LogP contribution in [0.4, 0.5) is 9.18 Å². The van der Waals surface area contributed by atoms with Gasteiger partial charge in [0.15, 0.2) is 0 Å². The fourth-order valence-electron chi connectivity index (χ4n) is 6.87. The number of carbonyl (C=O) groups excluding carboxylic acids is 2. The standard InChI is InChI=1S/C35H40FN3O6/c1-20-15-23(36)16-21(2)32(20)45-29-13-8-22(35(3,4)43)17-26(29)27-19-37(5)31(40)18-30(27)44-25-11-9-24(10-12-25)39-33(41)28-7-6-14-38(28)34(39)42/h8,13,15-19,24-25,28,43H,6-7,9-12,14H2,1-5H3/t24-,25-,28-/m1/s1. The Hall–Kier alpha value is -4.18. The number of pyridine rings is 1. The maximum atomic E-state index is 14.1. The third kappa shape index (κ3) is 5.83. The van der Waals surface area contributed by atoms with E-state index < -0.39 is 5.60 Å². The number of hydrogen-bond donors (Lipinski definition) is 1. The number of carbonyl (C=O) groups is 2. The normalized spacial score (nSPS) is 21.8. The van der Waals surface area contributed by atoms with Gasteiger partial charge >= 0.3 is 6.03 Å². The highest BCUT2D eigenvalue weighted by molar-refractivity contribution is 6.04. The Morgan fingerprint density at radius 1 is 0.911 bits per heavy atom. The molecule has 3 amide bonds. The molecule has 2 aromatic carbocycles. The second-order valence-electron chi connectivity index (χ2n) is 13.1. The van der Waals surface area contributed by atoms with Crippen molar-refractivity contribution >= 4 is 11.9 Å². The molecule has 45 heavy (non-hydrogen) atoms. The van der Waals surface area contributed by atoms with Crippen molar-refractivity contribution in [1.82, 2.24) is 14.4 Å². The third-order valence-electron chi connectivity index (χ3n) is 9.33. The van der Waals surface area contributed by atoms with Gasteiger partial charge in [0.2, 0.25) is 0 Å². The Kier molecular flexibility index (Phi) is 7.97. The van der Waals surface area contributed by atoms with Crippen LogP contribution < -0.4 is 15.0 Å². The highest BCUT2D eigenvalue weighted by Gasteiger charge is 2.50. The first-order chi connectivity index (χ1) is 21.3. The summed E-state index contributed by atoms with van der Waals surface area (Å²) in [5, 5.41) is 10.9. The lowest BCUT2D eigenvalue weighted by molar-refractivity contribution is -0.130. The molecular weight excluding hydrogens is 577 g/mol. The van der Waals surface area contributed by atoms with E-state index in [1.54, 1.807) is 58.0 Å². The highest BCUT2D eigenvalue weighted by atomic mass is 19.1. The molecule has 6 rings (SSSR count). The van der Waals surface area contributed by atoms with Crippen molar-refractivity contribution in [2.45, 2.75) is 90.0 Å². The number of fused-ring (bicyclic) bond motifs is 1. The van der Waals surface area contributed by atoms with Crippen LogP contribution in [0.2, 0.25) is 0 Å². The lowest BCUT2D eigenvalue weighted by atomic mass is 9.91. The number of aliphatic hydroxyl groups is 1. The van der Waals surface area contributed by atoms with E-state index in [-0.39, 0.29) is 41.5 Å². The molecule has 1 aliphatic carbocycles. The second-order valence-corrected chi connectivity index (χ2v) is 13.1. The first kappa shape index (κ1) is 30.8. The Labute approximate surface area is 262 Å². The number of ether oxygens (including phenoxy) is 2. The summed E-state index contributed by atoms with van der Waals surface area (Å²) in [6, 6.07) is 9.00. The summed E-state index contributed by atoms with van der Waals surface area (Å²) < 4.78 is 28.5. The summed E-state index contributed by atoms with van der Waals surface area (Å²) in [6.07, 6.45) is 5.52. The summed E-state index contributed by atoms with van der Waals surface area (Å²) >= 11 is 0. The number of amides is 3. The van der Waals surface area contributed by atoms with Crippen molar-refractivity contribution in [2.75, 3.05) is 6.54 Å². The molecule has 3 aliphatic rings. The first-order valence-electron chi connectivity index (χ1n) is 15.6. The average molecular weight is 618 g/mol. The molecule has 3 fully saturated rings. The quantitative estimate of drug-likeness (QED) is 0.329. The number of aryl methyl sites for hydroxylation is 3. The number of urea groups is 1. The van der Waals surface area contributed by atoms with E-state index in [1.807, 2.05) is 6.07 Å². The number of nitrogens with zero attached hydrogens (tertiary/aromatic N) is 3. The van der Waals surface area contributed by atoms with E-state index in [2.05, 4.69) is 0 Å². The average Bonchev–Trinajstić information content (AvgIpc) is 3.55. The zero-order valence-corrected chi connectivity index (χ0v) is 26.4. The van der Waals surface area contributed by atoms with Gasteiger partial charge in [-0.3, -0.25) is 14.5 Å². The Balaban J connectivity index is 1.31. The van der Waals surface area contributed by atoms with Crippen molar-refractivity contribution in [3.8, 4) is 28.4 Å². The lowest BCUT2D eigenvalue weighted by Gasteiger charge is -2.34. The van der Waals surface area contributed by atoms with Crippen molar-refractivity contribution < 1.29 is 28.6 Å². The van der Waals surface area contributed by atoms with E-state index in [1.165, 1.54) is 27.7 Å². The molecule has 2 saturated heterocycles. The minimum absolute atomic E-state index is 0.0819. The molecule has 238 valence electrons. The highest BCUT2D eigenvalue weighted by Crippen LogP contribution is 2.43. The second kappa shape index (κ2) is 11.6. The van der Waals surface area contributed by atoms with Crippen molar-refractivity contribution in [3.63, 3.8) is 0 Å². The molecule has 1 saturated carbocycles. The largest absolute Gasteiger partial charge is 0.490 e. The number of halogens is 1. The molecule has 0 bridgehead atoms. The first-order valence-corrected chi connectivity index (χ1v) is 15.6. The predicted octanol–water partition coefficient (Wildman–Crippen LogP) is 5.94. The van der Waals surface area contributed by atoms with Gasteiger partial charge in [0.05, 0.1) is 11.7 Å². The molecule has 1 aromatic heterocycles. The van der Waals surface area contributed by atoms with Crippen LogP contribution in [0.25, 0.3) is 11.1 Å². The Morgan fingerprint density at radius 3 is 2.24 bits per heavy atom. The van der Waals surface area contributed by atoms with Crippen LogP contribution in [-0.2, 0) is 17.4 Å². The van der Waals surface area contributed by atoms with E-state index in [4.69, 9.17) is 9.47 Å². The molecule has 0 unspecified atom stereocenters. The molecule has 2 aliphatic heterocycles. The van der Waals surface area contributed by atoms with Gasteiger partial charge in [-0.25, -0.2) is 9.18 Å². The van der Waals surface area contributed by atoms with Crippen LogP contribution in [0.1, 0.15) is 69.1 Å². The summed E-state index contributed by atoms with van der Waals surface area (Å²) in [5.41, 5.74) is 1.70. The molecular formula is C35H40FN3O6. The summed E-state index contributed by atoms with van der Waals surface area (Å²) in [7, 11) is 1.66. The summed E-state index contributed by atoms with van der Waals surface area (Å²) in [5.74, 6) is 0.921. The summed E-state index contributed by atoms with van der Waals surface area (Å²) in [6.45, 7) is 7.58. The van der Waals surface area contributed by atoms with Gasteiger partial charge in [-0.05, 0) is 107 Å². The van der Waals surface area contributed by atoms with Crippen molar-refractivity contribution in [1.29, 1.82) is 0 Å². The molecule has 3 heterocycles. The van der Waals surface area contributed by atoms with Gasteiger partial charge in [0.25, 0.3) is 11.5 Å². The molecule has 10 heteroatoms. The van der Waals surface area contributed by atoms with Crippen LogP contribution in [0, 0.1) is 19.7 Å². The molecule has 9 nitrogen and oxygen atoms in total. The van der Waals surface area contributed by atoms with Gasteiger partial charge in [-0.15, -0.1) is 0 Å². The monoisotopic (exact) mass is 617 g/mol. The molecule has 1 N–H and O–H groups in total. The molecule has 0 radical (unpaired) electrons. The van der Waals surface area contributed by atoms with Gasteiger partial charge in [0.1, 0.15) is 29.1 Å². The van der Waals surface area contributed by atoms with Crippen LogP contribution >= 0.6 is 0 Å². The summed E-state index contributed by atoms with van der Waals surface area (Å²) in [4.78, 5) is 42.0. The minimum Gasteiger partial charge on any atom is -0.490 e. The van der Waals surface area contributed by atoms with Crippen LogP contribution in [0.3, 0.4) is 0 Å². The van der Waals surface area contributed by atoms with E-state index in [0.29, 0.717) is 77.3 Å². The van der Waals surface area contributed by atoms with E-state index >= 15 is 0 Å². The van der Waals surface area contributed by atoms with E-state index in [0.717, 1.165) is 12.8 Å². The van der Waals surface area contributed by atoms with Gasteiger partial charge in [-0.2, -0.15) is 0 Å². The van der Waals surface area contributed by atoms with Crippen molar-refractivity contribution in [2.24, 2.45) is 7.05 Å². The number of imide groups is 1. The lowest BCUT2D eigenvalue weighted by Crippen LogP contribution is -2.44. The van der Waals surface area contributed by atoms with Gasteiger partial charge in [-0.1, -0.05) is 6.07 Å². The third-order valence-corrected chi connectivity index (χ3v) is 9.33. The van der Waals surface area contributed by atoms with Crippen molar-refractivity contribution in [3.05, 3.63) is 75.5 Å². The number of rotatable bonds is 7. The smallest absolute Gasteiger partial charge is 0.327 e. The number of hydrogen-bond acceptors (Lipinski definition) is 6. The fourth-order valence-corrected chi connectivity index (χ4v) is 6.87. The zero-order valence-electron chi connectivity index (χ0n) is 26.4. The number of benzene rings is 2. The van der Waals surface area contributed by atoms with Gasteiger partial charge < -0.3 is 24.0 Å². The SMILES string of the molecule is Cc1cc(F)cc(C)c1Oc1ccc(C(C)(C)O)cc1-c1cn(C)c(=O)cc1O[C@H]1CC[C@H](N2C(=O)[C@H]3CCCN3C2=O)CC1. The topological polar surface area (TPSA) is 101 Å². The molecule has 1 atom stereocenters. The van der Waals surface area contributed by atoms with Crippen LogP contribution in [0.15, 0.2) is 47.4 Å². The van der Waals surface area contributed by atoms with Crippen LogP contribution in [0.5, 0.6) is 17.2 Å². The van der Waals surface area contributed by atoms with Crippen LogP contribution in [-0.4, -0.2) is 56.1 Å². The van der Waals surface area contributed by atoms with Gasteiger partial charge in [0, 0.05) is 43.0 Å². The Morgan fingerprint density at radius 2 is 1.60 bits per heavy atom. The molecule has 0 spiro atoms.